The quantitative estimate of drug-likeness (QED) is 0.856. The monoisotopic (exact) mass is 377 g/mol. The molecular formula is C19H24ClN3OS. The average molecular weight is 378 g/mol. The Balaban J connectivity index is 0.00000182. The third-order valence-electron chi connectivity index (χ3n) is 5.03. The van der Waals surface area contributed by atoms with Crippen LogP contribution >= 0.6 is 23.7 Å². The Kier molecular flexibility index (Phi) is 5.99. The van der Waals surface area contributed by atoms with E-state index in [9.17, 15) is 4.79 Å². The number of carbonyl (C=O) groups is 1. The van der Waals surface area contributed by atoms with E-state index in [0.29, 0.717) is 6.04 Å². The standard InChI is InChI=1S/C19H23N3OS.ClH/c23-19(16-7-11-24-13-16)21-17-5-9-22(10-6-17)12-15-3-1-2-14-4-8-20-18(14)15;/h1-3,7,11,13,17,20H,4-6,8-10,12H2,(H,21,23);1H. The van der Waals surface area contributed by atoms with E-state index < -0.39 is 0 Å². The number of thiophene rings is 1. The minimum atomic E-state index is 0. The number of rotatable bonds is 4. The number of likely N-dealkylation sites (tertiary alicyclic amines) is 1. The van der Waals surface area contributed by atoms with Gasteiger partial charge in [-0.2, -0.15) is 11.3 Å². The van der Waals surface area contributed by atoms with Gasteiger partial charge in [-0.1, -0.05) is 18.2 Å². The maximum atomic E-state index is 12.1. The van der Waals surface area contributed by atoms with E-state index in [1.54, 1.807) is 11.3 Å². The first-order chi connectivity index (χ1) is 11.8. The van der Waals surface area contributed by atoms with Crippen LogP contribution in [-0.2, 0) is 13.0 Å². The Morgan fingerprint density at radius 2 is 2.12 bits per heavy atom. The summed E-state index contributed by atoms with van der Waals surface area (Å²) in [5, 5.41) is 10.6. The Hall–Kier alpha value is -1.56. The molecule has 0 atom stereocenters. The minimum absolute atomic E-state index is 0. The molecule has 2 N–H and O–H groups in total. The number of amides is 1. The zero-order valence-electron chi connectivity index (χ0n) is 14.2. The van der Waals surface area contributed by atoms with E-state index in [1.165, 1.54) is 16.8 Å². The van der Waals surface area contributed by atoms with Gasteiger partial charge in [0.25, 0.3) is 5.91 Å². The van der Waals surface area contributed by atoms with Crippen molar-refractivity contribution in [1.29, 1.82) is 0 Å². The van der Waals surface area contributed by atoms with Gasteiger partial charge in [0, 0.05) is 48.9 Å². The van der Waals surface area contributed by atoms with E-state index in [0.717, 1.165) is 51.0 Å². The fourth-order valence-corrected chi connectivity index (χ4v) is 4.32. The number of hydrogen-bond donors (Lipinski definition) is 2. The third-order valence-corrected chi connectivity index (χ3v) is 5.72. The Bertz CT molecular complexity index is 711. The van der Waals surface area contributed by atoms with Gasteiger partial charge in [0.15, 0.2) is 0 Å². The molecule has 134 valence electrons. The predicted molar refractivity (Wildman–Crippen MR) is 106 cm³/mol. The summed E-state index contributed by atoms with van der Waals surface area (Å²) in [6.07, 6.45) is 3.19. The molecule has 2 aliphatic rings. The van der Waals surface area contributed by atoms with Crippen molar-refractivity contribution in [3.05, 3.63) is 51.7 Å². The molecule has 2 aromatic rings. The molecule has 0 aliphatic carbocycles. The molecule has 1 aromatic carbocycles. The Labute approximate surface area is 159 Å². The van der Waals surface area contributed by atoms with Crippen LogP contribution in [0.15, 0.2) is 35.0 Å². The molecule has 1 aromatic heterocycles. The normalized spacial score (nSPS) is 17.4. The van der Waals surface area contributed by atoms with Gasteiger partial charge >= 0.3 is 0 Å². The van der Waals surface area contributed by atoms with Crippen LogP contribution in [0.25, 0.3) is 0 Å². The van der Waals surface area contributed by atoms with Crippen LogP contribution in [0.1, 0.15) is 34.3 Å². The second-order valence-corrected chi connectivity index (χ2v) is 7.44. The summed E-state index contributed by atoms with van der Waals surface area (Å²) in [4.78, 5) is 14.7. The maximum Gasteiger partial charge on any atom is 0.252 e. The summed E-state index contributed by atoms with van der Waals surface area (Å²) in [5.41, 5.74) is 5.00. The summed E-state index contributed by atoms with van der Waals surface area (Å²) in [6, 6.07) is 8.83. The average Bonchev–Trinajstić information content (AvgIpc) is 3.28. The van der Waals surface area contributed by atoms with Crippen LogP contribution in [0.5, 0.6) is 0 Å². The summed E-state index contributed by atoms with van der Waals surface area (Å²) in [5.74, 6) is 0.0692. The summed E-state index contributed by atoms with van der Waals surface area (Å²) >= 11 is 1.57. The largest absolute Gasteiger partial charge is 0.384 e. The number of para-hydroxylation sites is 1. The van der Waals surface area contributed by atoms with Crippen LogP contribution in [0.4, 0.5) is 5.69 Å². The fourth-order valence-electron chi connectivity index (χ4n) is 3.68. The topological polar surface area (TPSA) is 44.4 Å². The van der Waals surface area contributed by atoms with E-state index >= 15 is 0 Å². The van der Waals surface area contributed by atoms with Crippen molar-refractivity contribution in [2.45, 2.75) is 31.8 Å². The van der Waals surface area contributed by atoms with Gasteiger partial charge < -0.3 is 10.6 Å². The SMILES string of the molecule is Cl.O=C(NC1CCN(Cc2cccc3c2NCC3)CC1)c1ccsc1. The molecule has 4 rings (SSSR count). The van der Waals surface area contributed by atoms with Gasteiger partial charge in [0.1, 0.15) is 0 Å². The second kappa shape index (κ2) is 8.21. The highest BCUT2D eigenvalue weighted by Gasteiger charge is 2.23. The highest BCUT2D eigenvalue weighted by molar-refractivity contribution is 7.08. The molecule has 0 unspecified atom stereocenters. The van der Waals surface area contributed by atoms with Crippen LogP contribution in [-0.4, -0.2) is 36.5 Å². The summed E-state index contributed by atoms with van der Waals surface area (Å²) in [6.45, 7) is 4.14. The first-order valence-electron chi connectivity index (χ1n) is 8.69. The zero-order valence-corrected chi connectivity index (χ0v) is 15.8. The molecule has 0 spiro atoms. The van der Waals surface area contributed by atoms with Crippen molar-refractivity contribution in [2.75, 3.05) is 25.0 Å². The van der Waals surface area contributed by atoms with Crippen molar-refractivity contribution >= 4 is 35.3 Å². The summed E-state index contributed by atoms with van der Waals surface area (Å²) < 4.78 is 0. The minimum Gasteiger partial charge on any atom is -0.384 e. The van der Waals surface area contributed by atoms with Crippen LogP contribution < -0.4 is 10.6 Å². The van der Waals surface area contributed by atoms with Crippen molar-refractivity contribution in [2.24, 2.45) is 0 Å². The van der Waals surface area contributed by atoms with E-state index in [1.807, 2.05) is 16.8 Å². The van der Waals surface area contributed by atoms with Crippen molar-refractivity contribution in [3.8, 4) is 0 Å². The molecule has 3 heterocycles. The van der Waals surface area contributed by atoms with Crippen molar-refractivity contribution in [3.63, 3.8) is 0 Å². The van der Waals surface area contributed by atoms with Crippen LogP contribution in [0.3, 0.4) is 0 Å². The van der Waals surface area contributed by atoms with Crippen LogP contribution in [0.2, 0.25) is 0 Å². The van der Waals surface area contributed by atoms with E-state index in [2.05, 4.69) is 33.7 Å². The third kappa shape index (κ3) is 4.17. The highest BCUT2D eigenvalue weighted by Crippen LogP contribution is 2.28. The van der Waals surface area contributed by atoms with Gasteiger partial charge in [0.2, 0.25) is 0 Å². The Morgan fingerprint density at radius 3 is 2.88 bits per heavy atom. The van der Waals surface area contributed by atoms with Gasteiger partial charge in [0.05, 0.1) is 0 Å². The number of halogens is 1. The molecule has 0 bridgehead atoms. The number of nitrogens with one attached hydrogen (secondary N) is 2. The van der Waals surface area contributed by atoms with Gasteiger partial charge in [-0.05, 0) is 41.8 Å². The zero-order chi connectivity index (χ0) is 16.4. The lowest BCUT2D eigenvalue weighted by Crippen LogP contribution is -2.44. The summed E-state index contributed by atoms with van der Waals surface area (Å²) in [7, 11) is 0. The first kappa shape index (κ1) is 18.2. The van der Waals surface area contributed by atoms with Gasteiger partial charge in [-0.15, -0.1) is 12.4 Å². The lowest BCUT2D eigenvalue weighted by atomic mass is 10.0. The lowest BCUT2D eigenvalue weighted by Gasteiger charge is -2.32. The molecule has 0 saturated carbocycles. The molecule has 25 heavy (non-hydrogen) atoms. The molecule has 4 nitrogen and oxygen atoms in total. The molecule has 0 radical (unpaired) electrons. The van der Waals surface area contributed by atoms with Crippen molar-refractivity contribution < 1.29 is 4.79 Å². The Morgan fingerprint density at radius 1 is 1.28 bits per heavy atom. The molecule has 1 amide bonds. The highest BCUT2D eigenvalue weighted by atomic mass is 35.5. The molecule has 2 aliphatic heterocycles. The molecular weight excluding hydrogens is 354 g/mol. The number of fused-ring (bicyclic) bond motifs is 1. The number of benzene rings is 1. The van der Waals surface area contributed by atoms with Crippen molar-refractivity contribution in [1.82, 2.24) is 10.2 Å². The number of anilines is 1. The second-order valence-electron chi connectivity index (χ2n) is 6.66. The predicted octanol–water partition coefficient (Wildman–Crippen LogP) is 3.53. The molecule has 1 fully saturated rings. The van der Waals surface area contributed by atoms with E-state index in [-0.39, 0.29) is 18.3 Å². The van der Waals surface area contributed by atoms with Gasteiger partial charge in [-0.3, -0.25) is 9.69 Å². The van der Waals surface area contributed by atoms with Gasteiger partial charge in [-0.25, -0.2) is 0 Å². The molecule has 1 saturated heterocycles. The number of piperidine rings is 1. The number of hydrogen-bond acceptors (Lipinski definition) is 4. The smallest absolute Gasteiger partial charge is 0.252 e. The van der Waals surface area contributed by atoms with E-state index in [4.69, 9.17) is 0 Å². The lowest BCUT2D eigenvalue weighted by molar-refractivity contribution is 0.0909. The number of nitrogens with zero attached hydrogens (tertiary/aromatic N) is 1. The fraction of sp³-hybridized carbons (Fsp3) is 0.421. The number of carbonyl (C=O) groups excluding carboxylic acids is 1. The molecule has 6 heteroatoms. The first-order valence-corrected chi connectivity index (χ1v) is 9.64. The van der Waals surface area contributed by atoms with Crippen LogP contribution in [0, 0.1) is 0 Å². The maximum absolute atomic E-state index is 12.1.